The normalized spacial score (nSPS) is 10.6. The predicted molar refractivity (Wildman–Crippen MR) is 78.7 cm³/mol. The Morgan fingerprint density at radius 1 is 0.812 bits per heavy atom. The van der Waals surface area contributed by atoms with Gasteiger partial charge in [-0.25, -0.2) is 4.99 Å². The Labute approximate surface area is 112 Å². The van der Waals surface area contributed by atoms with Crippen molar-refractivity contribution >= 4 is 35.5 Å². The first-order valence-corrected chi connectivity index (χ1v) is 4.81. The summed E-state index contributed by atoms with van der Waals surface area (Å²) >= 11 is 0. The summed E-state index contributed by atoms with van der Waals surface area (Å²) < 4.78 is 0. The number of aliphatic imine (C=N–C) groups is 1. The average molecular weight is 324 g/mol. The van der Waals surface area contributed by atoms with Crippen molar-refractivity contribution in [1.82, 2.24) is 0 Å². The zero-order chi connectivity index (χ0) is 10.5. The maximum Gasteiger partial charge on any atom is 0.131 e. The van der Waals surface area contributed by atoms with Gasteiger partial charge in [0.15, 0.2) is 0 Å². The number of para-hydroxylation sites is 1. The van der Waals surface area contributed by atoms with Crippen LogP contribution < -0.4 is 5.73 Å². The Morgan fingerprint density at radius 2 is 1.31 bits per heavy atom. The highest BCUT2D eigenvalue weighted by Crippen LogP contribution is 2.11. The fourth-order valence-corrected chi connectivity index (χ4v) is 1.32. The van der Waals surface area contributed by atoms with E-state index in [2.05, 4.69) is 4.99 Å². The quantitative estimate of drug-likeness (QED) is 0.514. The van der Waals surface area contributed by atoms with Crippen LogP contribution in [0.25, 0.3) is 0 Å². The zero-order valence-electron chi connectivity index (χ0n) is 8.71. The summed E-state index contributed by atoms with van der Waals surface area (Å²) in [6, 6.07) is 19.4. The van der Waals surface area contributed by atoms with E-state index < -0.39 is 0 Å². The number of rotatable bonds is 2. The number of halogens is 1. The number of benzene rings is 2. The van der Waals surface area contributed by atoms with E-state index in [1.807, 2.05) is 60.7 Å². The van der Waals surface area contributed by atoms with Crippen molar-refractivity contribution in [3.63, 3.8) is 0 Å². The third kappa shape index (κ3) is 3.34. The predicted octanol–water partition coefficient (Wildman–Crippen LogP) is 3.34. The molecule has 0 aromatic heterocycles. The fourth-order valence-electron chi connectivity index (χ4n) is 1.32. The van der Waals surface area contributed by atoms with Gasteiger partial charge in [0.25, 0.3) is 0 Å². The molecule has 2 aromatic rings. The molecule has 0 aliphatic carbocycles. The fraction of sp³-hybridized carbons (Fsp3) is 0. The second kappa shape index (κ2) is 6.27. The van der Waals surface area contributed by atoms with Gasteiger partial charge in [-0.3, -0.25) is 0 Å². The monoisotopic (exact) mass is 324 g/mol. The van der Waals surface area contributed by atoms with Crippen molar-refractivity contribution in [2.45, 2.75) is 0 Å². The largest absolute Gasteiger partial charge is 0.383 e. The van der Waals surface area contributed by atoms with Gasteiger partial charge >= 0.3 is 0 Å². The Bertz CT molecular complexity index is 452. The lowest BCUT2D eigenvalue weighted by atomic mass is 10.2. The molecular formula is C13H13IN2. The van der Waals surface area contributed by atoms with E-state index in [1.165, 1.54) is 0 Å². The molecule has 0 radical (unpaired) electrons. The molecule has 0 unspecified atom stereocenters. The maximum absolute atomic E-state index is 5.88. The van der Waals surface area contributed by atoms with Crippen LogP contribution in [0.2, 0.25) is 0 Å². The minimum Gasteiger partial charge on any atom is -0.383 e. The van der Waals surface area contributed by atoms with Gasteiger partial charge in [0.2, 0.25) is 0 Å². The maximum atomic E-state index is 5.88. The SMILES string of the molecule is I.NC(=Nc1ccccc1)c1ccccc1. The highest BCUT2D eigenvalue weighted by Gasteiger charge is 1.96. The van der Waals surface area contributed by atoms with Crippen LogP contribution in [-0.4, -0.2) is 5.84 Å². The molecular weight excluding hydrogens is 311 g/mol. The number of hydrogen-bond donors (Lipinski definition) is 1. The van der Waals surface area contributed by atoms with Gasteiger partial charge < -0.3 is 5.73 Å². The van der Waals surface area contributed by atoms with Crippen LogP contribution in [0.15, 0.2) is 65.7 Å². The highest BCUT2D eigenvalue weighted by molar-refractivity contribution is 14.0. The molecule has 82 valence electrons. The molecule has 2 aromatic carbocycles. The molecule has 0 bridgehead atoms. The van der Waals surface area contributed by atoms with Crippen LogP contribution in [0.5, 0.6) is 0 Å². The summed E-state index contributed by atoms with van der Waals surface area (Å²) in [5, 5.41) is 0. The lowest BCUT2D eigenvalue weighted by molar-refractivity contribution is 1.45. The number of hydrogen-bond acceptors (Lipinski definition) is 1. The van der Waals surface area contributed by atoms with Gasteiger partial charge in [-0.05, 0) is 12.1 Å². The van der Waals surface area contributed by atoms with Crippen LogP contribution >= 0.6 is 24.0 Å². The first kappa shape index (κ1) is 12.7. The molecule has 0 fully saturated rings. The molecule has 2 rings (SSSR count). The van der Waals surface area contributed by atoms with Crippen molar-refractivity contribution in [3.05, 3.63) is 66.2 Å². The summed E-state index contributed by atoms with van der Waals surface area (Å²) in [7, 11) is 0. The number of nitrogens with two attached hydrogens (primary N) is 1. The average Bonchev–Trinajstić information content (AvgIpc) is 2.31. The van der Waals surface area contributed by atoms with Gasteiger partial charge in [-0.2, -0.15) is 0 Å². The van der Waals surface area contributed by atoms with E-state index in [1.54, 1.807) is 0 Å². The number of amidine groups is 1. The molecule has 2 N–H and O–H groups in total. The number of nitrogens with zero attached hydrogens (tertiary/aromatic N) is 1. The second-order valence-corrected chi connectivity index (χ2v) is 3.20. The van der Waals surface area contributed by atoms with E-state index in [0.717, 1.165) is 11.3 Å². The topological polar surface area (TPSA) is 38.4 Å². The molecule has 0 atom stereocenters. The Morgan fingerprint density at radius 3 is 1.88 bits per heavy atom. The summed E-state index contributed by atoms with van der Waals surface area (Å²) in [6.07, 6.45) is 0. The zero-order valence-corrected chi connectivity index (χ0v) is 11.0. The highest BCUT2D eigenvalue weighted by atomic mass is 127. The lowest BCUT2D eigenvalue weighted by Gasteiger charge is -2.00. The first-order valence-electron chi connectivity index (χ1n) is 4.81. The Balaban J connectivity index is 0.00000128. The van der Waals surface area contributed by atoms with Gasteiger partial charge in [-0.1, -0.05) is 48.5 Å². The van der Waals surface area contributed by atoms with Crippen molar-refractivity contribution < 1.29 is 0 Å². The van der Waals surface area contributed by atoms with E-state index in [0.29, 0.717) is 5.84 Å². The third-order valence-corrected chi connectivity index (χ3v) is 2.08. The summed E-state index contributed by atoms with van der Waals surface area (Å²) in [5.74, 6) is 0.543. The standard InChI is InChI=1S/C13H12N2.HI/c14-13(11-7-3-1-4-8-11)15-12-9-5-2-6-10-12;/h1-10H,(H2,14,15);1H. The summed E-state index contributed by atoms with van der Waals surface area (Å²) in [6.45, 7) is 0. The van der Waals surface area contributed by atoms with E-state index in [4.69, 9.17) is 5.73 Å². The molecule has 0 aliphatic rings. The van der Waals surface area contributed by atoms with Crippen molar-refractivity contribution in [2.75, 3.05) is 0 Å². The van der Waals surface area contributed by atoms with E-state index >= 15 is 0 Å². The first-order chi connectivity index (χ1) is 7.36. The Kier molecular flexibility index (Phi) is 4.98. The van der Waals surface area contributed by atoms with Crippen LogP contribution in [0.4, 0.5) is 5.69 Å². The third-order valence-electron chi connectivity index (χ3n) is 2.08. The smallest absolute Gasteiger partial charge is 0.131 e. The van der Waals surface area contributed by atoms with Crippen molar-refractivity contribution in [3.8, 4) is 0 Å². The minimum absolute atomic E-state index is 0. The van der Waals surface area contributed by atoms with Crippen molar-refractivity contribution in [1.29, 1.82) is 0 Å². The molecule has 0 saturated heterocycles. The van der Waals surface area contributed by atoms with Gasteiger partial charge in [-0.15, -0.1) is 24.0 Å². The molecule has 0 spiro atoms. The lowest BCUT2D eigenvalue weighted by Crippen LogP contribution is -2.12. The summed E-state index contributed by atoms with van der Waals surface area (Å²) in [4.78, 5) is 4.32. The molecule has 0 heterocycles. The second-order valence-electron chi connectivity index (χ2n) is 3.20. The van der Waals surface area contributed by atoms with Crippen LogP contribution in [0, 0.1) is 0 Å². The molecule has 0 aliphatic heterocycles. The molecule has 16 heavy (non-hydrogen) atoms. The van der Waals surface area contributed by atoms with Gasteiger partial charge in [0.05, 0.1) is 5.69 Å². The Hall–Kier alpha value is -1.36. The van der Waals surface area contributed by atoms with E-state index in [9.17, 15) is 0 Å². The van der Waals surface area contributed by atoms with Gasteiger partial charge in [0.1, 0.15) is 5.84 Å². The van der Waals surface area contributed by atoms with Crippen LogP contribution in [-0.2, 0) is 0 Å². The summed E-state index contributed by atoms with van der Waals surface area (Å²) in [5.41, 5.74) is 7.70. The molecule has 0 amide bonds. The van der Waals surface area contributed by atoms with Crippen molar-refractivity contribution in [2.24, 2.45) is 10.7 Å². The minimum atomic E-state index is 0. The van der Waals surface area contributed by atoms with Crippen LogP contribution in [0.3, 0.4) is 0 Å². The molecule has 3 heteroatoms. The van der Waals surface area contributed by atoms with Crippen LogP contribution in [0.1, 0.15) is 5.56 Å². The molecule has 0 saturated carbocycles. The van der Waals surface area contributed by atoms with Gasteiger partial charge in [0, 0.05) is 5.56 Å². The molecule has 2 nitrogen and oxygen atoms in total. The van der Waals surface area contributed by atoms with E-state index in [-0.39, 0.29) is 24.0 Å².